The maximum Gasteiger partial charge on any atom is 0.491 e. The summed E-state index contributed by atoms with van der Waals surface area (Å²) in [6.45, 7) is 0.162. The van der Waals surface area contributed by atoms with E-state index in [0.717, 1.165) is 17.0 Å². The highest BCUT2D eigenvalue weighted by Gasteiger charge is 2.31. The fraction of sp³-hybridized carbons (Fsp3) is 0.286. The molecule has 1 aliphatic heterocycles. The van der Waals surface area contributed by atoms with E-state index in [9.17, 15) is 38.3 Å². The molecule has 0 bridgehead atoms. The maximum atomic E-state index is 14.5. The van der Waals surface area contributed by atoms with E-state index < -0.39 is 55.8 Å². The molecule has 4 N–H and O–H groups in total. The Hall–Kier alpha value is -3.32. The van der Waals surface area contributed by atoms with Crippen molar-refractivity contribution < 1.29 is 47.6 Å². The number of halogens is 2. The van der Waals surface area contributed by atoms with Crippen molar-refractivity contribution in [2.45, 2.75) is 13.5 Å². The first-order chi connectivity index (χ1) is 16.5. The van der Waals surface area contributed by atoms with E-state index in [0.29, 0.717) is 11.1 Å². The Kier molecular flexibility index (Phi) is 8.22. The molecule has 14 heteroatoms. The third-order valence-electron chi connectivity index (χ3n) is 5.49. The van der Waals surface area contributed by atoms with Crippen LogP contribution in [0.3, 0.4) is 0 Å². The molecule has 184 valence electrons. The number of rotatable bonds is 9. The Morgan fingerprint density at radius 1 is 1.20 bits per heavy atom. The molecule has 35 heavy (non-hydrogen) atoms. The number of hydrogen-bond acceptors (Lipinski definition) is 7. The second-order valence-electron chi connectivity index (χ2n) is 7.85. The maximum absolute atomic E-state index is 14.5. The number of carboxylic acid groups (broad SMARTS) is 1. The molecular formula is C21H22B2F2N2O8. The van der Waals surface area contributed by atoms with Gasteiger partial charge in [-0.2, -0.15) is 0 Å². The van der Waals surface area contributed by atoms with Crippen molar-refractivity contribution in [3.8, 4) is 0 Å². The summed E-state index contributed by atoms with van der Waals surface area (Å²) in [5.74, 6) is -5.01. The molecule has 10 nitrogen and oxygen atoms in total. The summed E-state index contributed by atoms with van der Waals surface area (Å²) >= 11 is 0. The highest BCUT2D eigenvalue weighted by atomic mass is 19.1. The molecule has 2 aromatic rings. The minimum atomic E-state index is -1.37. The van der Waals surface area contributed by atoms with Crippen LogP contribution in [0.2, 0.25) is 0 Å². The van der Waals surface area contributed by atoms with Gasteiger partial charge < -0.3 is 34.7 Å². The van der Waals surface area contributed by atoms with Gasteiger partial charge in [0, 0.05) is 20.2 Å². The molecule has 0 saturated carbocycles. The second-order valence-corrected chi connectivity index (χ2v) is 7.85. The minimum Gasteiger partial charge on any atom is -0.480 e. The van der Waals surface area contributed by atoms with Gasteiger partial charge >= 0.3 is 20.2 Å². The van der Waals surface area contributed by atoms with Crippen molar-refractivity contribution >= 4 is 42.9 Å². The average Bonchev–Trinajstić information content (AvgIpc) is 3.17. The molecule has 0 aliphatic carbocycles. The lowest BCUT2D eigenvalue weighted by molar-refractivity contribution is -0.137. The van der Waals surface area contributed by atoms with Crippen LogP contribution in [0.5, 0.6) is 0 Å². The number of hydrogen-bond donors (Lipinski definition) is 4. The number of amides is 2. The fourth-order valence-corrected chi connectivity index (χ4v) is 3.66. The molecule has 0 fully saturated rings. The van der Waals surface area contributed by atoms with Crippen molar-refractivity contribution in [2.24, 2.45) is 0 Å². The van der Waals surface area contributed by atoms with E-state index in [1.54, 1.807) is 6.92 Å². The summed E-state index contributed by atoms with van der Waals surface area (Å²) in [6, 6.07) is 4.33. The van der Waals surface area contributed by atoms with Gasteiger partial charge in [-0.05, 0) is 47.7 Å². The van der Waals surface area contributed by atoms with E-state index in [4.69, 9.17) is 9.31 Å². The van der Waals surface area contributed by atoms with Crippen molar-refractivity contribution in [3.63, 3.8) is 0 Å². The van der Waals surface area contributed by atoms with Crippen LogP contribution >= 0.6 is 0 Å². The topological polar surface area (TPSA) is 146 Å². The molecule has 0 spiro atoms. The summed E-state index contributed by atoms with van der Waals surface area (Å²) < 4.78 is 38.7. The van der Waals surface area contributed by atoms with Crippen LogP contribution in [0.4, 0.5) is 8.78 Å². The lowest BCUT2D eigenvalue weighted by Crippen LogP contribution is -2.42. The zero-order valence-corrected chi connectivity index (χ0v) is 18.9. The number of benzene rings is 2. The molecule has 3 rings (SSSR count). The molecule has 0 unspecified atom stereocenters. The monoisotopic (exact) mass is 490 g/mol. The zero-order valence-electron chi connectivity index (χ0n) is 18.9. The molecule has 0 saturated heterocycles. The number of aliphatic carboxylic acids is 1. The Morgan fingerprint density at radius 3 is 2.54 bits per heavy atom. The quantitative estimate of drug-likeness (QED) is 0.321. The van der Waals surface area contributed by atoms with E-state index in [-0.39, 0.29) is 36.2 Å². The summed E-state index contributed by atoms with van der Waals surface area (Å²) in [6.07, 6.45) is 0. The van der Waals surface area contributed by atoms with Crippen LogP contribution in [-0.2, 0) is 20.7 Å². The van der Waals surface area contributed by atoms with E-state index in [1.807, 2.05) is 0 Å². The summed E-state index contributed by atoms with van der Waals surface area (Å²) in [5, 5.41) is 31.0. The number of carboxylic acids is 1. The highest BCUT2D eigenvalue weighted by Crippen LogP contribution is 2.17. The van der Waals surface area contributed by atoms with E-state index in [1.165, 1.54) is 19.2 Å². The van der Waals surface area contributed by atoms with Gasteiger partial charge in [0.15, 0.2) is 0 Å². The number of aryl methyl sites for hydroxylation is 1. The first-order valence-electron chi connectivity index (χ1n) is 10.5. The van der Waals surface area contributed by atoms with E-state index in [2.05, 4.69) is 5.32 Å². The predicted molar refractivity (Wildman–Crippen MR) is 120 cm³/mol. The third kappa shape index (κ3) is 5.85. The van der Waals surface area contributed by atoms with Gasteiger partial charge in [0.05, 0.1) is 17.7 Å². The summed E-state index contributed by atoms with van der Waals surface area (Å²) in [4.78, 5) is 37.4. The number of carbonyl (C=O) groups excluding carboxylic acids is 2. The van der Waals surface area contributed by atoms with Crippen molar-refractivity contribution in [1.82, 2.24) is 10.2 Å². The first-order valence-corrected chi connectivity index (χ1v) is 10.5. The van der Waals surface area contributed by atoms with Crippen molar-refractivity contribution in [3.05, 3.63) is 58.2 Å². The van der Waals surface area contributed by atoms with Crippen LogP contribution in [0.1, 0.15) is 31.8 Å². The normalized spacial score (nSPS) is 12.3. The fourth-order valence-electron chi connectivity index (χ4n) is 3.66. The Labute approximate surface area is 199 Å². The lowest BCUT2D eigenvalue weighted by atomic mass is 9.76. The molecule has 0 radical (unpaired) electrons. The summed E-state index contributed by atoms with van der Waals surface area (Å²) in [7, 11) is -1.45. The molecule has 1 aliphatic rings. The highest BCUT2D eigenvalue weighted by molar-refractivity contribution is 6.61. The van der Waals surface area contributed by atoms with E-state index >= 15 is 0 Å². The Balaban J connectivity index is 1.72. The predicted octanol–water partition coefficient (Wildman–Crippen LogP) is -1.22. The third-order valence-corrected chi connectivity index (χ3v) is 5.49. The standard InChI is InChI=1S/C21H22B2F2N2O8/c1-11-5-13(17(24)7-15(11)22(32)34-2)20(30)26-3-4-27(9-19(28)29)21(31)14-6-12-10-35-23(33)16(12)8-18(14)25/h5-8,32-33H,3-4,9-10H2,1-2H3,(H,26,30)(H,28,29). The number of nitrogens with one attached hydrogen (secondary N) is 1. The van der Waals surface area contributed by atoms with Crippen molar-refractivity contribution in [2.75, 3.05) is 26.7 Å². The smallest absolute Gasteiger partial charge is 0.480 e. The molecule has 1 heterocycles. The zero-order chi connectivity index (χ0) is 25.9. The van der Waals surface area contributed by atoms with Crippen LogP contribution in [0.25, 0.3) is 0 Å². The van der Waals surface area contributed by atoms with Crippen molar-refractivity contribution in [1.29, 1.82) is 0 Å². The van der Waals surface area contributed by atoms with Gasteiger partial charge in [-0.25, -0.2) is 8.78 Å². The van der Waals surface area contributed by atoms with Crippen LogP contribution in [-0.4, -0.2) is 78.8 Å². The van der Waals surface area contributed by atoms with Crippen LogP contribution in [0.15, 0.2) is 24.3 Å². The molecule has 2 amide bonds. The van der Waals surface area contributed by atoms with Gasteiger partial charge in [0.1, 0.15) is 18.2 Å². The lowest BCUT2D eigenvalue weighted by Gasteiger charge is -2.22. The molecule has 0 aromatic heterocycles. The number of nitrogens with zero attached hydrogens (tertiary/aromatic N) is 1. The average molecular weight is 490 g/mol. The molecule has 2 aromatic carbocycles. The van der Waals surface area contributed by atoms with Crippen LogP contribution < -0.4 is 16.2 Å². The Bertz CT molecular complexity index is 1170. The van der Waals surface area contributed by atoms with Gasteiger partial charge in [-0.1, -0.05) is 5.56 Å². The van der Waals surface area contributed by atoms with Gasteiger partial charge in [0.2, 0.25) is 0 Å². The molecular weight excluding hydrogens is 468 g/mol. The first kappa shape index (κ1) is 26.3. The van der Waals surface area contributed by atoms with Gasteiger partial charge in [-0.15, -0.1) is 0 Å². The number of fused-ring (bicyclic) bond motifs is 1. The van der Waals surface area contributed by atoms with Gasteiger partial charge in [0.25, 0.3) is 11.8 Å². The summed E-state index contributed by atoms with van der Waals surface area (Å²) in [5.41, 5.74) is 0.372. The SMILES string of the molecule is COB(O)c1cc(F)c(C(=O)NCCN(CC(=O)O)C(=O)c2cc3c(cc2F)B(O)OC3)cc1C. The number of carbonyl (C=O) groups is 3. The van der Waals surface area contributed by atoms with Gasteiger partial charge in [-0.3, -0.25) is 14.4 Å². The second kappa shape index (κ2) is 11.0. The van der Waals surface area contributed by atoms with Crippen LogP contribution in [0, 0.1) is 18.6 Å². The largest absolute Gasteiger partial charge is 0.491 e. The molecule has 0 atom stereocenters. The minimum absolute atomic E-state index is 0.0444. The Morgan fingerprint density at radius 2 is 1.89 bits per heavy atom.